The lowest BCUT2D eigenvalue weighted by Crippen LogP contribution is -2.54. The highest BCUT2D eigenvalue weighted by molar-refractivity contribution is 5.69. The van der Waals surface area contributed by atoms with Gasteiger partial charge in [0.1, 0.15) is 17.7 Å². The summed E-state index contributed by atoms with van der Waals surface area (Å²) >= 11 is 0. The number of piperidine rings is 1. The Morgan fingerprint density at radius 1 is 1.19 bits per heavy atom. The number of rotatable bonds is 7. The van der Waals surface area contributed by atoms with Gasteiger partial charge in [-0.25, -0.2) is 9.78 Å². The second-order valence-electron chi connectivity index (χ2n) is 11.2. The van der Waals surface area contributed by atoms with Crippen molar-refractivity contribution in [3.8, 4) is 0 Å². The molecule has 1 unspecified atom stereocenters. The van der Waals surface area contributed by atoms with Crippen LogP contribution in [0.5, 0.6) is 0 Å². The first-order chi connectivity index (χ1) is 17.5. The average molecular weight is 498 g/mol. The molecule has 2 aromatic heterocycles. The number of amides is 1. The molecule has 0 spiro atoms. The first kappa shape index (κ1) is 23.8. The van der Waals surface area contributed by atoms with E-state index in [1.807, 2.05) is 15.6 Å². The zero-order chi connectivity index (χ0) is 24.6. The Labute approximate surface area is 212 Å². The molecule has 10 nitrogen and oxygen atoms in total. The molecule has 4 aliphatic rings. The molecule has 6 rings (SSSR count). The van der Waals surface area contributed by atoms with Gasteiger partial charge in [0.2, 0.25) is 0 Å². The first-order valence-electron chi connectivity index (χ1n) is 13.7. The van der Waals surface area contributed by atoms with Gasteiger partial charge < -0.3 is 30.3 Å². The minimum absolute atomic E-state index is 0.0409. The van der Waals surface area contributed by atoms with E-state index in [0.29, 0.717) is 17.9 Å². The monoisotopic (exact) mass is 497 g/mol. The lowest BCUT2D eigenvalue weighted by atomic mass is 9.91. The molecule has 4 aliphatic heterocycles. The summed E-state index contributed by atoms with van der Waals surface area (Å²) in [5.41, 5.74) is 2.06. The summed E-state index contributed by atoms with van der Waals surface area (Å²) in [6, 6.07) is 3.04. The van der Waals surface area contributed by atoms with Crippen LogP contribution in [0.4, 0.5) is 16.4 Å². The van der Waals surface area contributed by atoms with Crippen molar-refractivity contribution in [2.45, 2.75) is 82.5 Å². The third-order valence-electron chi connectivity index (χ3n) is 8.32. The van der Waals surface area contributed by atoms with Crippen LogP contribution < -0.4 is 16.0 Å². The Morgan fingerprint density at radius 3 is 2.61 bits per heavy atom. The Bertz CT molecular complexity index is 1060. The van der Waals surface area contributed by atoms with Gasteiger partial charge in [-0.05, 0) is 50.4 Å². The van der Waals surface area contributed by atoms with Gasteiger partial charge in [0.15, 0.2) is 5.65 Å². The fraction of sp³-hybridized carbons (Fsp3) is 0.731. The predicted octanol–water partition coefficient (Wildman–Crippen LogP) is 3.21. The summed E-state index contributed by atoms with van der Waals surface area (Å²) in [6.45, 7) is 8.36. The molecular formula is C26H39N7O3. The van der Waals surface area contributed by atoms with E-state index >= 15 is 0 Å². The van der Waals surface area contributed by atoms with Gasteiger partial charge in [-0.3, -0.25) is 0 Å². The molecule has 196 valence electrons. The second-order valence-corrected chi connectivity index (χ2v) is 11.2. The fourth-order valence-electron chi connectivity index (χ4n) is 6.19. The molecule has 0 saturated carbocycles. The third-order valence-corrected chi connectivity index (χ3v) is 8.32. The number of hydrogen-bond acceptors (Lipinski definition) is 8. The van der Waals surface area contributed by atoms with Crippen LogP contribution in [0.1, 0.15) is 63.9 Å². The molecule has 6 heterocycles. The van der Waals surface area contributed by atoms with Gasteiger partial charge in [-0.1, -0.05) is 13.8 Å². The number of ether oxygens (including phenoxy) is 2. The lowest BCUT2D eigenvalue weighted by Gasteiger charge is -2.40. The maximum absolute atomic E-state index is 12.8. The van der Waals surface area contributed by atoms with Crippen molar-refractivity contribution in [1.29, 1.82) is 0 Å². The molecule has 2 bridgehead atoms. The zero-order valence-electron chi connectivity index (χ0n) is 21.4. The molecular weight excluding hydrogens is 458 g/mol. The van der Waals surface area contributed by atoms with Gasteiger partial charge >= 0.3 is 6.09 Å². The zero-order valence-corrected chi connectivity index (χ0v) is 21.4. The van der Waals surface area contributed by atoms with Crippen LogP contribution >= 0.6 is 0 Å². The van der Waals surface area contributed by atoms with Gasteiger partial charge in [-0.2, -0.15) is 9.61 Å². The predicted molar refractivity (Wildman–Crippen MR) is 138 cm³/mol. The third kappa shape index (κ3) is 4.72. The van der Waals surface area contributed by atoms with E-state index < -0.39 is 0 Å². The number of aromatic nitrogens is 3. The number of nitrogens with one attached hydrogen (secondary N) is 3. The van der Waals surface area contributed by atoms with Crippen molar-refractivity contribution in [3.05, 3.63) is 17.8 Å². The molecule has 10 heteroatoms. The van der Waals surface area contributed by atoms with Crippen LogP contribution in [-0.4, -0.2) is 82.7 Å². The molecule has 2 aromatic rings. The standard InChI is InChI=1S/C26H39N7O3/c1-16(2)22-15-29-33-24(11-23(31-25(22)33)30-18-5-7-35-8-6-18)28-12-17-9-19-3-4-20(10-17)32(19)26(34)36-21-13-27-14-21/h11,15-21,27-28H,3-10,12-14H2,1-2H3,(H,30,31)/t17?,19-,20+. The van der Waals surface area contributed by atoms with E-state index in [1.54, 1.807) is 0 Å². The van der Waals surface area contributed by atoms with Crippen molar-refractivity contribution < 1.29 is 14.3 Å². The van der Waals surface area contributed by atoms with E-state index in [1.165, 1.54) is 0 Å². The molecule has 4 saturated heterocycles. The molecule has 3 N–H and O–H groups in total. The summed E-state index contributed by atoms with van der Waals surface area (Å²) in [6.07, 6.45) is 8.04. The molecule has 0 radical (unpaired) electrons. The van der Waals surface area contributed by atoms with E-state index in [0.717, 1.165) is 94.2 Å². The average Bonchev–Trinajstić information content (AvgIpc) is 3.39. The van der Waals surface area contributed by atoms with Crippen molar-refractivity contribution in [2.24, 2.45) is 5.92 Å². The highest BCUT2D eigenvalue weighted by atomic mass is 16.6. The van der Waals surface area contributed by atoms with Gasteiger partial charge in [-0.15, -0.1) is 0 Å². The van der Waals surface area contributed by atoms with Crippen molar-refractivity contribution in [3.63, 3.8) is 0 Å². The van der Waals surface area contributed by atoms with Crippen LogP contribution in [0.15, 0.2) is 12.3 Å². The molecule has 36 heavy (non-hydrogen) atoms. The Hall–Kier alpha value is -2.59. The van der Waals surface area contributed by atoms with Crippen LogP contribution in [0.3, 0.4) is 0 Å². The van der Waals surface area contributed by atoms with Crippen molar-refractivity contribution >= 4 is 23.4 Å². The highest BCUT2D eigenvalue weighted by Gasteiger charge is 2.44. The topological polar surface area (TPSA) is 105 Å². The van der Waals surface area contributed by atoms with Crippen LogP contribution in [-0.2, 0) is 9.47 Å². The van der Waals surface area contributed by atoms with Gasteiger partial charge in [0.25, 0.3) is 0 Å². The van der Waals surface area contributed by atoms with Crippen molar-refractivity contribution in [1.82, 2.24) is 24.8 Å². The van der Waals surface area contributed by atoms with Gasteiger partial charge in [0.05, 0.1) is 6.20 Å². The normalized spacial score (nSPS) is 26.9. The second kappa shape index (κ2) is 10.0. The minimum atomic E-state index is -0.113. The lowest BCUT2D eigenvalue weighted by molar-refractivity contribution is 0.0149. The van der Waals surface area contributed by atoms with Gasteiger partial charge in [0, 0.05) is 62.6 Å². The van der Waals surface area contributed by atoms with Crippen LogP contribution in [0.2, 0.25) is 0 Å². The summed E-state index contributed by atoms with van der Waals surface area (Å²) < 4.78 is 13.2. The van der Waals surface area contributed by atoms with E-state index in [9.17, 15) is 4.79 Å². The minimum Gasteiger partial charge on any atom is -0.443 e. The Balaban J connectivity index is 1.15. The fourth-order valence-corrected chi connectivity index (χ4v) is 6.19. The Kier molecular flexibility index (Phi) is 6.64. The number of nitrogens with zero attached hydrogens (tertiary/aromatic N) is 4. The molecule has 4 fully saturated rings. The smallest absolute Gasteiger partial charge is 0.410 e. The molecule has 0 aliphatic carbocycles. The van der Waals surface area contributed by atoms with Crippen LogP contribution in [0.25, 0.3) is 5.65 Å². The summed E-state index contributed by atoms with van der Waals surface area (Å²) in [5.74, 6) is 2.71. The summed E-state index contributed by atoms with van der Waals surface area (Å²) in [4.78, 5) is 19.8. The SMILES string of the molecule is CC(C)c1cnn2c(NCC3C[C@H]4CC[C@@H](C3)N4C(=O)OC3CNC3)cc(NC3CCOCC3)nc12. The van der Waals surface area contributed by atoms with Crippen molar-refractivity contribution in [2.75, 3.05) is 43.5 Å². The number of hydrogen-bond donors (Lipinski definition) is 3. The van der Waals surface area contributed by atoms with E-state index in [2.05, 4.69) is 41.0 Å². The number of carbonyl (C=O) groups excluding carboxylic acids is 1. The number of anilines is 2. The highest BCUT2D eigenvalue weighted by Crippen LogP contribution is 2.39. The van der Waals surface area contributed by atoms with Crippen LogP contribution in [0, 0.1) is 5.92 Å². The largest absolute Gasteiger partial charge is 0.443 e. The molecule has 0 aromatic carbocycles. The summed E-state index contributed by atoms with van der Waals surface area (Å²) in [5, 5.41) is 15.2. The first-order valence-corrected chi connectivity index (χ1v) is 13.7. The quantitative estimate of drug-likeness (QED) is 0.536. The maximum Gasteiger partial charge on any atom is 0.410 e. The number of fused-ring (bicyclic) bond motifs is 3. The maximum atomic E-state index is 12.8. The summed E-state index contributed by atoms with van der Waals surface area (Å²) in [7, 11) is 0. The number of carbonyl (C=O) groups is 1. The molecule has 1 amide bonds. The molecule has 3 atom stereocenters. The Morgan fingerprint density at radius 2 is 1.94 bits per heavy atom. The van der Waals surface area contributed by atoms with E-state index in [4.69, 9.17) is 14.5 Å². The van der Waals surface area contributed by atoms with E-state index in [-0.39, 0.29) is 24.3 Å².